The van der Waals surface area contributed by atoms with Crippen molar-refractivity contribution < 1.29 is 8.42 Å². The smallest absolute Gasteiger partial charge is 0.211 e. The molecule has 1 aromatic rings. The van der Waals surface area contributed by atoms with Gasteiger partial charge in [0, 0.05) is 18.0 Å². The topological polar surface area (TPSA) is 37.4 Å². The highest BCUT2D eigenvalue weighted by Crippen LogP contribution is 2.15. The van der Waals surface area contributed by atoms with E-state index in [1.165, 1.54) is 4.31 Å². The van der Waals surface area contributed by atoms with Crippen LogP contribution < -0.4 is 0 Å². The lowest BCUT2D eigenvalue weighted by Gasteiger charge is -2.17. The Morgan fingerprint density at radius 1 is 1.57 bits per heavy atom. The number of alkyl halides is 1. The van der Waals surface area contributed by atoms with Gasteiger partial charge in [0.25, 0.3) is 0 Å². The van der Waals surface area contributed by atoms with Gasteiger partial charge in [-0.25, -0.2) is 8.42 Å². The van der Waals surface area contributed by atoms with Gasteiger partial charge in [0.15, 0.2) is 0 Å². The van der Waals surface area contributed by atoms with Crippen LogP contribution in [0.15, 0.2) is 17.5 Å². The first-order valence-corrected chi connectivity index (χ1v) is 7.77. The van der Waals surface area contributed by atoms with Crippen molar-refractivity contribution in [2.24, 2.45) is 0 Å². The van der Waals surface area contributed by atoms with Gasteiger partial charge in [0.05, 0.1) is 0 Å². The predicted molar refractivity (Wildman–Crippen MR) is 63.1 cm³/mol. The Kier molecular flexibility index (Phi) is 4.56. The third-order valence-electron chi connectivity index (χ3n) is 1.80. The Morgan fingerprint density at radius 2 is 2.29 bits per heavy atom. The molecule has 0 aromatic carbocycles. The number of nitrogens with zero attached hydrogens (tertiary/aromatic N) is 1. The van der Waals surface area contributed by atoms with Crippen LogP contribution in [0.25, 0.3) is 0 Å². The molecule has 0 aliphatic carbocycles. The van der Waals surface area contributed by atoms with Gasteiger partial charge in [-0.1, -0.05) is 28.9 Å². The third-order valence-corrected chi connectivity index (χ3v) is 5.84. The molecule has 1 heterocycles. The highest BCUT2D eigenvalue weighted by Gasteiger charge is 2.19. The average Bonchev–Trinajstić information content (AvgIpc) is 2.66. The van der Waals surface area contributed by atoms with Gasteiger partial charge >= 0.3 is 0 Å². The van der Waals surface area contributed by atoms with E-state index in [0.29, 0.717) is 13.1 Å². The van der Waals surface area contributed by atoms with Crippen molar-refractivity contribution in [3.05, 3.63) is 22.4 Å². The normalized spacial score (nSPS) is 12.2. The average molecular weight is 298 g/mol. The maximum Gasteiger partial charge on any atom is 0.224 e. The van der Waals surface area contributed by atoms with Crippen LogP contribution in [0.4, 0.5) is 0 Å². The molecule has 0 saturated heterocycles. The molecular weight excluding hydrogens is 286 g/mol. The summed E-state index contributed by atoms with van der Waals surface area (Å²) < 4.78 is 24.5. The molecule has 0 aliphatic heterocycles. The number of hydrogen-bond donors (Lipinski definition) is 0. The minimum atomic E-state index is -3.13. The fraction of sp³-hybridized carbons (Fsp3) is 0.500. The summed E-state index contributed by atoms with van der Waals surface area (Å²) in [5, 5.41) is 1.95. The van der Waals surface area contributed by atoms with Gasteiger partial charge < -0.3 is 0 Å². The number of thiophene rings is 1. The minimum absolute atomic E-state index is 0.0147. The van der Waals surface area contributed by atoms with Crippen molar-refractivity contribution >= 4 is 37.3 Å². The number of rotatable bonds is 5. The van der Waals surface area contributed by atoms with Crippen LogP contribution in [0, 0.1) is 0 Å². The van der Waals surface area contributed by atoms with Crippen molar-refractivity contribution in [1.82, 2.24) is 4.31 Å². The molecule has 0 amide bonds. The maximum absolute atomic E-state index is 11.5. The summed E-state index contributed by atoms with van der Waals surface area (Å²) in [5.74, 6) is 0. The lowest BCUT2D eigenvalue weighted by molar-refractivity contribution is 0.430. The van der Waals surface area contributed by atoms with Crippen molar-refractivity contribution in [2.75, 3.05) is 11.2 Å². The van der Waals surface area contributed by atoms with Gasteiger partial charge in [0.1, 0.15) is 4.66 Å². The molecular formula is C8H12BrNO2S2. The van der Waals surface area contributed by atoms with Crippen molar-refractivity contribution in [3.8, 4) is 0 Å². The molecule has 0 radical (unpaired) electrons. The quantitative estimate of drug-likeness (QED) is 0.782. The van der Waals surface area contributed by atoms with E-state index in [4.69, 9.17) is 0 Å². The van der Waals surface area contributed by atoms with Gasteiger partial charge in [-0.3, -0.25) is 0 Å². The Morgan fingerprint density at radius 3 is 2.71 bits per heavy atom. The van der Waals surface area contributed by atoms with Crippen LogP contribution in [0.3, 0.4) is 0 Å². The second-order valence-corrected chi connectivity index (χ2v) is 7.03. The zero-order valence-corrected chi connectivity index (χ0v) is 11.0. The molecule has 6 heteroatoms. The molecule has 0 N–H and O–H groups in total. The predicted octanol–water partition coefficient (Wildman–Crippen LogP) is 2.25. The van der Waals surface area contributed by atoms with Gasteiger partial charge in [-0.15, -0.1) is 11.3 Å². The van der Waals surface area contributed by atoms with Crippen molar-refractivity contribution in [2.45, 2.75) is 13.5 Å². The SMILES string of the molecule is CCN(Cc1cccs1)S(=O)(=O)CBr. The minimum Gasteiger partial charge on any atom is -0.211 e. The van der Waals surface area contributed by atoms with E-state index >= 15 is 0 Å². The first-order valence-electron chi connectivity index (χ1n) is 4.16. The summed E-state index contributed by atoms with van der Waals surface area (Å²) in [4.78, 5) is 1.07. The summed E-state index contributed by atoms with van der Waals surface area (Å²) in [6.07, 6.45) is 0. The highest BCUT2D eigenvalue weighted by molar-refractivity contribution is 9.10. The molecule has 1 rings (SSSR count). The molecule has 0 atom stereocenters. The molecule has 1 aromatic heterocycles. The van der Waals surface area contributed by atoms with Gasteiger partial charge in [-0.05, 0) is 11.4 Å². The fourth-order valence-electron chi connectivity index (χ4n) is 1.05. The van der Waals surface area contributed by atoms with E-state index in [2.05, 4.69) is 15.9 Å². The number of hydrogen-bond acceptors (Lipinski definition) is 3. The summed E-state index contributed by atoms with van der Waals surface area (Å²) in [6.45, 7) is 2.82. The molecule has 0 bridgehead atoms. The van der Waals surface area contributed by atoms with E-state index < -0.39 is 10.0 Å². The first kappa shape index (κ1) is 12.2. The molecule has 0 saturated carbocycles. The van der Waals surface area contributed by atoms with Gasteiger partial charge in [0.2, 0.25) is 10.0 Å². The zero-order valence-electron chi connectivity index (χ0n) is 7.81. The molecule has 0 spiro atoms. The molecule has 3 nitrogen and oxygen atoms in total. The summed E-state index contributed by atoms with van der Waals surface area (Å²) >= 11 is 4.56. The summed E-state index contributed by atoms with van der Waals surface area (Å²) in [5.41, 5.74) is 0. The monoisotopic (exact) mass is 297 g/mol. The summed E-state index contributed by atoms with van der Waals surface area (Å²) in [6, 6.07) is 3.87. The highest BCUT2D eigenvalue weighted by atomic mass is 79.9. The number of halogens is 1. The zero-order chi connectivity index (χ0) is 10.6. The standard InChI is InChI=1S/C8H12BrNO2S2/c1-2-10(14(11,12)7-9)6-8-4-3-5-13-8/h3-5H,2,6-7H2,1H3. The third kappa shape index (κ3) is 3.05. The lowest BCUT2D eigenvalue weighted by atomic mass is 10.4. The Labute approximate surface area is 96.9 Å². The maximum atomic E-state index is 11.5. The second kappa shape index (κ2) is 5.25. The fourth-order valence-corrected chi connectivity index (χ4v) is 3.59. The Hall–Kier alpha value is 0.0900. The van der Waals surface area contributed by atoms with Crippen LogP contribution in [-0.2, 0) is 16.6 Å². The van der Waals surface area contributed by atoms with E-state index in [9.17, 15) is 8.42 Å². The Bertz CT molecular complexity index is 361. The van der Waals surface area contributed by atoms with Crippen LogP contribution >= 0.6 is 27.3 Å². The van der Waals surface area contributed by atoms with Crippen LogP contribution in [0.1, 0.15) is 11.8 Å². The molecule has 0 fully saturated rings. The summed E-state index contributed by atoms with van der Waals surface area (Å²) in [7, 11) is -3.13. The molecule has 0 aliphatic rings. The second-order valence-electron chi connectivity index (χ2n) is 2.73. The van der Waals surface area contributed by atoms with E-state index in [1.807, 2.05) is 24.4 Å². The van der Waals surface area contributed by atoms with E-state index in [-0.39, 0.29) is 4.66 Å². The molecule has 0 unspecified atom stereocenters. The first-order chi connectivity index (χ1) is 6.60. The number of sulfonamides is 1. The molecule has 14 heavy (non-hydrogen) atoms. The Balaban J connectivity index is 2.74. The van der Waals surface area contributed by atoms with Crippen LogP contribution in [0.2, 0.25) is 0 Å². The van der Waals surface area contributed by atoms with E-state index in [0.717, 1.165) is 4.88 Å². The van der Waals surface area contributed by atoms with Crippen LogP contribution in [-0.4, -0.2) is 23.9 Å². The lowest BCUT2D eigenvalue weighted by Crippen LogP contribution is -2.30. The van der Waals surface area contributed by atoms with Crippen molar-refractivity contribution in [1.29, 1.82) is 0 Å². The van der Waals surface area contributed by atoms with Gasteiger partial charge in [-0.2, -0.15) is 4.31 Å². The van der Waals surface area contributed by atoms with E-state index in [1.54, 1.807) is 11.3 Å². The largest absolute Gasteiger partial charge is 0.224 e. The van der Waals surface area contributed by atoms with Crippen molar-refractivity contribution in [3.63, 3.8) is 0 Å². The van der Waals surface area contributed by atoms with Crippen LogP contribution in [0.5, 0.6) is 0 Å². The molecule has 80 valence electrons.